The van der Waals surface area contributed by atoms with Gasteiger partial charge in [0.2, 0.25) is 5.91 Å². The van der Waals surface area contributed by atoms with E-state index in [2.05, 4.69) is 17.3 Å². The van der Waals surface area contributed by atoms with Gasteiger partial charge in [-0.1, -0.05) is 25.7 Å². The van der Waals surface area contributed by atoms with Gasteiger partial charge in [-0.2, -0.15) is 0 Å². The molecule has 1 saturated carbocycles. The molecular weight excluding hydrogens is 404 g/mol. The summed E-state index contributed by atoms with van der Waals surface area (Å²) in [5.74, 6) is 0.927. The summed E-state index contributed by atoms with van der Waals surface area (Å²) in [6.07, 6.45) is 12.9. The van der Waals surface area contributed by atoms with Gasteiger partial charge in [0.05, 0.1) is 0 Å². The first-order chi connectivity index (χ1) is 15.5. The van der Waals surface area contributed by atoms with Gasteiger partial charge in [-0.25, -0.2) is 0 Å². The van der Waals surface area contributed by atoms with E-state index in [0.29, 0.717) is 30.9 Å². The van der Waals surface area contributed by atoms with Gasteiger partial charge < -0.3 is 20.4 Å². The SMILES string of the molecule is CN1CCCC1.CNC(=O)CCCCCC(=O)c1ccc(O)cc1.OCC1CCCCC1. The Morgan fingerprint density at radius 3 is 2.00 bits per heavy atom. The zero-order chi connectivity index (χ0) is 23.6. The number of carbonyl (C=O) groups is 2. The topological polar surface area (TPSA) is 89.9 Å². The lowest BCUT2D eigenvalue weighted by Gasteiger charge is -2.18. The lowest BCUT2D eigenvalue weighted by molar-refractivity contribution is -0.120. The van der Waals surface area contributed by atoms with Crippen molar-refractivity contribution in [1.29, 1.82) is 0 Å². The third-order valence-corrected chi connectivity index (χ3v) is 6.09. The van der Waals surface area contributed by atoms with Gasteiger partial charge in [-0.3, -0.25) is 9.59 Å². The molecule has 3 N–H and O–H groups in total. The Kier molecular flexibility index (Phi) is 15.5. The molecule has 1 saturated heterocycles. The Hall–Kier alpha value is -1.92. The smallest absolute Gasteiger partial charge is 0.219 e. The number of amides is 1. The number of aliphatic hydroxyl groups excluding tert-OH is 1. The minimum absolute atomic E-state index is 0.0415. The summed E-state index contributed by atoms with van der Waals surface area (Å²) < 4.78 is 0. The van der Waals surface area contributed by atoms with Crippen LogP contribution in [0, 0.1) is 5.92 Å². The number of hydrogen-bond acceptors (Lipinski definition) is 5. The molecule has 1 heterocycles. The molecule has 6 nitrogen and oxygen atoms in total. The first kappa shape index (κ1) is 28.1. The summed E-state index contributed by atoms with van der Waals surface area (Å²) >= 11 is 0. The molecule has 1 aliphatic heterocycles. The minimum atomic E-state index is 0.0415. The maximum Gasteiger partial charge on any atom is 0.219 e. The van der Waals surface area contributed by atoms with E-state index in [1.807, 2.05) is 0 Å². The van der Waals surface area contributed by atoms with Crippen LogP contribution in [-0.2, 0) is 4.79 Å². The number of nitrogens with one attached hydrogen (secondary N) is 1. The van der Waals surface area contributed by atoms with Crippen LogP contribution in [0.1, 0.15) is 87.4 Å². The number of hydrogen-bond donors (Lipinski definition) is 3. The van der Waals surface area contributed by atoms with Crippen molar-refractivity contribution in [2.45, 2.75) is 77.0 Å². The van der Waals surface area contributed by atoms with Crippen LogP contribution in [0.5, 0.6) is 5.75 Å². The van der Waals surface area contributed by atoms with E-state index in [4.69, 9.17) is 10.2 Å². The second-order valence-corrected chi connectivity index (χ2v) is 8.90. The Bertz CT molecular complexity index is 621. The van der Waals surface area contributed by atoms with Crippen LogP contribution < -0.4 is 5.32 Å². The van der Waals surface area contributed by atoms with Gasteiger partial charge in [0.25, 0.3) is 0 Å². The summed E-state index contributed by atoms with van der Waals surface area (Å²) in [7, 11) is 3.80. The summed E-state index contributed by atoms with van der Waals surface area (Å²) in [5, 5.41) is 20.4. The Morgan fingerprint density at radius 1 is 0.938 bits per heavy atom. The van der Waals surface area contributed by atoms with Crippen LogP contribution in [-0.4, -0.2) is 60.6 Å². The molecule has 0 spiro atoms. The van der Waals surface area contributed by atoms with Crippen LogP contribution in [0.15, 0.2) is 24.3 Å². The number of phenols is 1. The lowest BCUT2D eigenvalue weighted by Crippen LogP contribution is -2.16. The molecule has 0 unspecified atom stereocenters. The molecule has 1 aliphatic carbocycles. The van der Waals surface area contributed by atoms with E-state index >= 15 is 0 Å². The van der Waals surface area contributed by atoms with Crippen LogP contribution in [0.2, 0.25) is 0 Å². The van der Waals surface area contributed by atoms with E-state index in [1.165, 1.54) is 70.2 Å². The average molecular weight is 449 g/mol. The van der Waals surface area contributed by atoms with Gasteiger partial charge in [0.15, 0.2) is 5.78 Å². The zero-order valence-corrected chi connectivity index (χ0v) is 20.2. The molecular formula is C26H44N2O4. The number of phenolic OH excluding ortho intramolecular Hbond substituents is 1. The Balaban J connectivity index is 0.000000296. The van der Waals surface area contributed by atoms with Crippen molar-refractivity contribution in [3.05, 3.63) is 29.8 Å². The number of benzene rings is 1. The highest BCUT2D eigenvalue weighted by molar-refractivity contribution is 5.96. The van der Waals surface area contributed by atoms with Gasteiger partial charge in [0, 0.05) is 32.1 Å². The van der Waals surface area contributed by atoms with Crippen molar-refractivity contribution in [3.8, 4) is 5.75 Å². The molecule has 1 aromatic rings. The van der Waals surface area contributed by atoms with Gasteiger partial charge in [0.1, 0.15) is 5.75 Å². The number of unbranched alkanes of at least 4 members (excludes halogenated alkanes) is 2. The van der Waals surface area contributed by atoms with Crippen LogP contribution in [0.25, 0.3) is 0 Å². The Morgan fingerprint density at radius 2 is 1.53 bits per heavy atom. The quantitative estimate of drug-likeness (QED) is 0.401. The summed E-state index contributed by atoms with van der Waals surface area (Å²) in [6, 6.07) is 6.28. The molecule has 0 bridgehead atoms. The molecule has 2 fully saturated rings. The fraction of sp³-hybridized carbons (Fsp3) is 0.692. The number of rotatable bonds is 8. The molecule has 1 aromatic carbocycles. The number of nitrogens with zero attached hydrogens (tertiary/aromatic N) is 1. The van der Waals surface area contributed by atoms with Gasteiger partial charge >= 0.3 is 0 Å². The number of carbonyl (C=O) groups excluding carboxylic acids is 2. The second-order valence-electron chi connectivity index (χ2n) is 8.90. The predicted molar refractivity (Wildman–Crippen MR) is 130 cm³/mol. The van der Waals surface area contributed by atoms with Gasteiger partial charge in [-0.05, 0) is 88.8 Å². The minimum Gasteiger partial charge on any atom is -0.508 e. The Labute approximate surface area is 194 Å². The molecule has 182 valence electrons. The normalized spacial score (nSPS) is 16.3. The molecule has 6 heteroatoms. The fourth-order valence-electron chi connectivity index (χ4n) is 3.91. The average Bonchev–Trinajstić information content (AvgIpc) is 3.31. The van der Waals surface area contributed by atoms with Crippen molar-refractivity contribution in [2.24, 2.45) is 5.92 Å². The predicted octanol–water partition coefficient (Wildman–Crippen LogP) is 4.54. The third kappa shape index (κ3) is 13.5. The second kappa shape index (κ2) is 17.6. The highest BCUT2D eigenvalue weighted by Gasteiger charge is 2.10. The van der Waals surface area contributed by atoms with E-state index in [1.54, 1.807) is 19.2 Å². The fourth-order valence-corrected chi connectivity index (χ4v) is 3.91. The molecule has 1 amide bonds. The van der Waals surface area contributed by atoms with E-state index < -0.39 is 0 Å². The van der Waals surface area contributed by atoms with Crippen LogP contribution >= 0.6 is 0 Å². The summed E-state index contributed by atoms with van der Waals surface area (Å²) in [5.41, 5.74) is 0.624. The molecule has 3 rings (SSSR count). The molecule has 32 heavy (non-hydrogen) atoms. The largest absolute Gasteiger partial charge is 0.508 e. The third-order valence-electron chi connectivity index (χ3n) is 6.09. The van der Waals surface area contributed by atoms with Crippen LogP contribution in [0.4, 0.5) is 0 Å². The first-order valence-corrected chi connectivity index (χ1v) is 12.3. The highest BCUT2D eigenvalue weighted by Crippen LogP contribution is 2.22. The monoisotopic (exact) mass is 448 g/mol. The molecule has 0 radical (unpaired) electrons. The molecule has 2 aliphatic rings. The van der Waals surface area contributed by atoms with E-state index in [-0.39, 0.29) is 17.4 Å². The number of ketones is 1. The van der Waals surface area contributed by atoms with Crippen molar-refractivity contribution in [3.63, 3.8) is 0 Å². The molecule has 0 atom stereocenters. The maximum atomic E-state index is 11.7. The zero-order valence-electron chi connectivity index (χ0n) is 20.2. The summed E-state index contributed by atoms with van der Waals surface area (Å²) in [6.45, 7) is 3.06. The molecule has 0 aromatic heterocycles. The number of aromatic hydroxyl groups is 1. The van der Waals surface area contributed by atoms with Crippen molar-refractivity contribution in [1.82, 2.24) is 10.2 Å². The van der Waals surface area contributed by atoms with Crippen molar-refractivity contribution >= 4 is 11.7 Å². The van der Waals surface area contributed by atoms with E-state index in [0.717, 1.165) is 19.3 Å². The maximum absolute atomic E-state index is 11.7. The van der Waals surface area contributed by atoms with Gasteiger partial charge in [-0.15, -0.1) is 0 Å². The number of Topliss-reactive ketones (excluding diaryl/α,β-unsaturated/α-hetero) is 1. The van der Waals surface area contributed by atoms with Crippen molar-refractivity contribution < 1.29 is 19.8 Å². The van der Waals surface area contributed by atoms with Crippen molar-refractivity contribution in [2.75, 3.05) is 33.8 Å². The van der Waals surface area contributed by atoms with E-state index in [9.17, 15) is 9.59 Å². The van der Waals surface area contributed by atoms with Crippen LogP contribution in [0.3, 0.4) is 0 Å². The standard InChI is InChI=1S/C14H19NO3.C7H14O.C5H11N/c1-15-14(18)6-4-2-3-5-13(17)11-7-9-12(16)10-8-11;8-6-7-4-2-1-3-5-7;1-6-4-2-3-5-6/h7-10,16H,2-6H2,1H3,(H,15,18);7-8H,1-6H2;2-5H2,1H3. The lowest BCUT2D eigenvalue weighted by atomic mass is 9.90. The summed E-state index contributed by atoms with van der Waals surface area (Å²) in [4.78, 5) is 25.1. The highest BCUT2D eigenvalue weighted by atomic mass is 16.3. The number of likely N-dealkylation sites (tertiary alicyclic amines) is 1. The first-order valence-electron chi connectivity index (χ1n) is 12.3. The number of aliphatic hydroxyl groups is 1.